The highest BCUT2D eigenvalue weighted by Crippen LogP contribution is 2.28. The first-order valence-corrected chi connectivity index (χ1v) is 12.3. The molecule has 0 heterocycles. The number of rotatable bonds is 10. The molecule has 0 fully saturated rings. The molecule has 0 aromatic heterocycles. The molecule has 1 atom stereocenters. The summed E-state index contributed by atoms with van der Waals surface area (Å²) in [5.74, 6) is 6.05. The van der Waals surface area contributed by atoms with Crippen molar-refractivity contribution in [1.29, 1.82) is 0 Å². The molecule has 2 rings (SSSR count). The highest BCUT2D eigenvalue weighted by molar-refractivity contribution is 7.88. The van der Waals surface area contributed by atoms with Crippen molar-refractivity contribution in [3.8, 4) is 23.3 Å². The lowest BCUT2D eigenvalue weighted by atomic mass is 10.1. The topological polar surface area (TPSA) is 103 Å². The first kappa shape index (κ1) is 26.5. The number of ether oxygens (including phenoxy) is 2. The number of nitrogens with one attached hydrogen (secondary N) is 2. The third-order valence-electron chi connectivity index (χ3n) is 4.31. The minimum atomic E-state index is -3.54. The average Bonchev–Trinajstić information content (AvgIpc) is 2.76. The third-order valence-corrected chi connectivity index (χ3v) is 5.24. The van der Waals surface area contributed by atoms with Crippen molar-refractivity contribution in [1.82, 2.24) is 10.2 Å². The summed E-state index contributed by atoms with van der Waals surface area (Å²) in [6, 6.07) is 11.4. The highest BCUT2D eigenvalue weighted by Gasteiger charge is 2.25. The van der Waals surface area contributed by atoms with E-state index in [9.17, 15) is 13.2 Å². The summed E-state index contributed by atoms with van der Waals surface area (Å²) in [6.07, 6.45) is 0.996. The summed E-state index contributed by atoms with van der Waals surface area (Å²) in [5.41, 5.74) is 3.83. The molecule has 178 valence electrons. The summed E-state index contributed by atoms with van der Waals surface area (Å²) < 4.78 is 36.2. The first-order valence-electron chi connectivity index (χ1n) is 10.0. The van der Waals surface area contributed by atoms with Gasteiger partial charge >= 0.3 is 0 Å². The number of methoxy groups -OCH3 is 1. The number of hydrogen-bond acceptors (Lipinski definition) is 6. The van der Waals surface area contributed by atoms with Gasteiger partial charge in [0.2, 0.25) is 10.0 Å². The molecule has 0 aliphatic rings. The molecule has 0 aliphatic heterocycles. The van der Waals surface area contributed by atoms with E-state index >= 15 is 0 Å². The minimum absolute atomic E-state index is 0.0441. The van der Waals surface area contributed by atoms with Gasteiger partial charge in [-0.1, -0.05) is 43.4 Å². The smallest absolute Gasteiger partial charge is 0.261 e. The second-order valence-corrected chi connectivity index (χ2v) is 9.67. The van der Waals surface area contributed by atoms with Gasteiger partial charge in [0, 0.05) is 10.6 Å². The lowest BCUT2D eigenvalue weighted by Crippen LogP contribution is -2.49. The van der Waals surface area contributed by atoms with Gasteiger partial charge in [0.05, 0.1) is 20.0 Å². The maximum Gasteiger partial charge on any atom is 0.261 e. The average molecular weight is 495 g/mol. The number of carbonyl (C=O) groups is 1. The normalized spacial score (nSPS) is 11.9. The Kier molecular flexibility index (Phi) is 10.0. The zero-order valence-electron chi connectivity index (χ0n) is 18.8. The molecule has 1 amide bonds. The zero-order chi connectivity index (χ0) is 24.4. The Morgan fingerprint density at radius 1 is 1.12 bits per heavy atom. The van der Waals surface area contributed by atoms with Crippen LogP contribution in [-0.2, 0) is 26.3 Å². The minimum Gasteiger partial charge on any atom is -0.493 e. The van der Waals surface area contributed by atoms with Crippen LogP contribution in [0.2, 0.25) is 5.02 Å². The van der Waals surface area contributed by atoms with E-state index in [2.05, 4.69) is 22.0 Å². The van der Waals surface area contributed by atoms with Crippen LogP contribution in [0.5, 0.6) is 11.5 Å². The number of sulfonamides is 1. The van der Waals surface area contributed by atoms with E-state index < -0.39 is 22.0 Å². The molecular formula is C23H27ClN2O6S. The van der Waals surface area contributed by atoms with Gasteiger partial charge in [-0.3, -0.25) is 9.63 Å². The van der Waals surface area contributed by atoms with Crippen LogP contribution in [0.1, 0.15) is 25.0 Å². The van der Waals surface area contributed by atoms with Crippen molar-refractivity contribution in [3.05, 3.63) is 58.6 Å². The van der Waals surface area contributed by atoms with Gasteiger partial charge in [-0.25, -0.2) is 18.6 Å². The Balaban J connectivity index is 1.91. The van der Waals surface area contributed by atoms with Crippen molar-refractivity contribution in [2.45, 2.75) is 26.5 Å². The first-order chi connectivity index (χ1) is 15.6. The van der Waals surface area contributed by atoms with Crippen LogP contribution in [0.25, 0.3) is 0 Å². The van der Waals surface area contributed by atoms with E-state index in [-0.39, 0.29) is 19.1 Å². The van der Waals surface area contributed by atoms with Crippen molar-refractivity contribution in [2.24, 2.45) is 5.92 Å². The van der Waals surface area contributed by atoms with E-state index in [1.54, 1.807) is 44.2 Å². The Morgan fingerprint density at radius 3 is 2.42 bits per heavy atom. The van der Waals surface area contributed by atoms with E-state index in [1.807, 2.05) is 12.1 Å². The molecule has 2 aromatic rings. The summed E-state index contributed by atoms with van der Waals surface area (Å²) in [6.45, 7) is 3.66. The number of benzene rings is 2. The number of hydroxylamine groups is 1. The predicted octanol–water partition coefficient (Wildman–Crippen LogP) is 2.90. The summed E-state index contributed by atoms with van der Waals surface area (Å²) in [7, 11) is -2.03. The number of carbonyl (C=O) groups excluding carboxylic acids is 1. The van der Waals surface area contributed by atoms with Crippen LogP contribution in [0.4, 0.5) is 0 Å². The van der Waals surface area contributed by atoms with Crippen LogP contribution >= 0.6 is 11.6 Å². The van der Waals surface area contributed by atoms with Gasteiger partial charge in [-0.05, 0) is 47.9 Å². The maximum absolute atomic E-state index is 12.3. The Hall–Kier alpha value is -2.77. The molecule has 8 nitrogen and oxygen atoms in total. The molecule has 1 unspecified atom stereocenters. The maximum atomic E-state index is 12.3. The van der Waals surface area contributed by atoms with Gasteiger partial charge < -0.3 is 9.47 Å². The van der Waals surface area contributed by atoms with Crippen LogP contribution < -0.4 is 19.7 Å². The van der Waals surface area contributed by atoms with E-state index in [0.29, 0.717) is 22.1 Å². The molecule has 2 aromatic carbocycles. The van der Waals surface area contributed by atoms with Gasteiger partial charge in [-0.2, -0.15) is 0 Å². The zero-order valence-corrected chi connectivity index (χ0v) is 20.4. The Morgan fingerprint density at radius 2 is 1.82 bits per heavy atom. The quantitative estimate of drug-likeness (QED) is 0.389. The standard InChI is InChI=1S/C23H27ClN2O6S/c1-16(2)22(26-33(4,28)29)23(27)25-32-15-18-9-12-20(21(14-18)30-3)31-13-5-6-17-7-10-19(24)11-8-17/h7-12,14,16,22,26H,13,15H2,1-4H3,(H,25,27). The van der Waals surface area contributed by atoms with Crippen LogP contribution in [0.3, 0.4) is 0 Å². The summed E-state index contributed by atoms with van der Waals surface area (Å²) in [4.78, 5) is 17.5. The molecule has 0 aliphatic carbocycles. The monoisotopic (exact) mass is 494 g/mol. The third kappa shape index (κ3) is 9.32. The largest absolute Gasteiger partial charge is 0.493 e. The van der Waals surface area contributed by atoms with Crippen molar-refractivity contribution >= 4 is 27.5 Å². The van der Waals surface area contributed by atoms with E-state index in [0.717, 1.165) is 11.8 Å². The molecule has 0 radical (unpaired) electrons. The van der Waals surface area contributed by atoms with Gasteiger partial charge in [0.1, 0.15) is 12.6 Å². The van der Waals surface area contributed by atoms with Crippen molar-refractivity contribution in [3.63, 3.8) is 0 Å². The van der Waals surface area contributed by atoms with E-state index in [4.69, 9.17) is 25.9 Å². The molecule has 0 saturated heterocycles. The molecule has 2 N–H and O–H groups in total. The second kappa shape index (κ2) is 12.5. The Labute approximate surface area is 199 Å². The fourth-order valence-corrected chi connectivity index (χ4v) is 3.65. The molecule has 0 saturated carbocycles. The fourth-order valence-electron chi connectivity index (χ4n) is 2.68. The van der Waals surface area contributed by atoms with Crippen molar-refractivity contribution in [2.75, 3.05) is 20.0 Å². The molecular weight excluding hydrogens is 468 g/mol. The lowest BCUT2D eigenvalue weighted by Gasteiger charge is -2.20. The SMILES string of the molecule is COc1cc(CONC(=O)C(NS(C)(=O)=O)C(C)C)ccc1OCC#Cc1ccc(Cl)cc1. The van der Waals surface area contributed by atoms with Crippen LogP contribution in [0, 0.1) is 17.8 Å². The summed E-state index contributed by atoms with van der Waals surface area (Å²) in [5, 5.41) is 0.649. The Bertz CT molecular complexity index is 1110. The number of amides is 1. The number of halogens is 1. The fraction of sp³-hybridized carbons (Fsp3) is 0.348. The summed E-state index contributed by atoms with van der Waals surface area (Å²) >= 11 is 5.85. The van der Waals surface area contributed by atoms with Gasteiger partial charge in [0.15, 0.2) is 11.5 Å². The molecule has 33 heavy (non-hydrogen) atoms. The number of hydrogen-bond donors (Lipinski definition) is 2. The van der Waals surface area contributed by atoms with Crippen molar-refractivity contribution < 1.29 is 27.5 Å². The second-order valence-electron chi connectivity index (χ2n) is 7.45. The highest BCUT2D eigenvalue weighted by atomic mass is 35.5. The van der Waals surface area contributed by atoms with Crippen LogP contribution in [-0.4, -0.2) is 40.3 Å². The van der Waals surface area contributed by atoms with E-state index in [1.165, 1.54) is 7.11 Å². The molecule has 0 bridgehead atoms. The predicted molar refractivity (Wildman–Crippen MR) is 126 cm³/mol. The van der Waals surface area contributed by atoms with Crippen LogP contribution in [0.15, 0.2) is 42.5 Å². The molecule has 10 heteroatoms. The van der Waals surface area contributed by atoms with Gasteiger partial charge in [0.25, 0.3) is 5.91 Å². The molecule has 0 spiro atoms. The lowest BCUT2D eigenvalue weighted by molar-refractivity contribution is -0.137. The van der Waals surface area contributed by atoms with Gasteiger partial charge in [-0.15, -0.1) is 0 Å².